The van der Waals surface area contributed by atoms with Crippen molar-refractivity contribution in [1.82, 2.24) is 19.9 Å². The number of hydrogen-bond donors (Lipinski definition) is 1. The minimum atomic E-state index is -0.392. The van der Waals surface area contributed by atoms with E-state index in [1.807, 2.05) is 12.1 Å². The van der Waals surface area contributed by atoms with Crippen molar-refractivity contribution < 1.29 is 4.92 Å². The molecule has 0 bridgehead atoms. The van der Waals surface area contributed by atoms with Gasteiger partial charge in [-0.25, -0.2) is 9.97 Å². The summed E-state index contributed by atoms with van der Waals surface area (Å²) in [5, 5.41) is 14.8. The van der Waals surface area contributed by atoms with Crippen LogP contribution in [0.4, 0.5) is 28.8 Å². The Balaban J connectivity index is 1.36. The summed E-state index contributed by atoms with van der Waals surface area (Å²) in [4.78, 5) is 32.9. The molecule has 4 aromatic rings. The summed E-state index contributed by atoms with van der Waals surface area (Å²) >= 11 is 6.00. The fourth-order valence-electron chi connectivity index (χ4n) is 3.70. The molecule has 33 heavy (non-hydrogen) atoms. The number of non-ortho nitro benzene ring substituents is 1. The monoisotopic (exact) mass is 462 g/mol. The SMILES string of the molecule is O=[N+]([O-])c1ccc(N2CCN(c3nc(Nc4ccc(Cl)cc4)c4nccnc4n3)CC2)cc1. The van der Waals surface area contributed by atoms with Gasteiger partial charge in [-0.05, 0) is 36.4 Å². The van der Waals surface area contributed by atoms with Crippen LogP contribution in [0.25, 0.3) is 11.2 Å². The van der Waals surface area contributed by atoms with E-state index >= 15 is 0 Å². The first-order chi connectivity index (χ1) is 16.1. The Hall–Kier alpha value is -4.05. The first-order valence-electron chi connectivity index (χ1n) is 10.3. The van der Waals surface area contributed by atoms with E-state index in [2.05, 4.69) is 30.1 Å². The van der Waals surface area contributed by atoms with Gasteiger partial charge in [0.25, 0.3) is 5.69 Å². The van der Waals surface area contributed by atoms with Crippen LogP contribution in [0.3, 0.4) is 0 Å². The van der Waals surface area contributed by atoms with Crippen LogP contribution in [-0.4, -0.2) is 51.0 Å². The zero-order valence-electron chi connectivity index (χ0n) is 17.4. The van der Waals surface area contributed by atoms with E-state index in [9.17, 15) is 10.1 Å². The quantitative estimate of drug-likeness (QED) is 0.346. The van der Waals surface area contributed by atoms with Crippen LogP contribution in [0.15, 0.2) is 60.9 Å². The number of fused-ring (bicyclic) bond motifs is 1. The van der Waals surface area contributed by atoms with E-state index in [4.69, 9.17) is 16.6 Å². The maximum atomic E-state index is 10.9. The highest BCUT2D eigenvalue weighted by atomic mass is 35.5. The number of nitrogens with zero attached hydrogens (tertiary/aromatic N) is 7. The molecule has 2 aromatic carbocycles. The van der Waals surface area contributed by atoms with Crippen LogP contribution in [0.2, 0.25) is 5.02 Å². The topological polar surface area (TPSA) is 113 Å². The molecular weight excluding hydrogens is 444 g/mol. The Morgan fingerprint density at radius 2 is 1.55 bits per heavy atom. The van der Waals surface area contributed by atoms with Gasteiger partial charge < -0.3 is 15.1 Å². The lowest BCUT2D eigenvalue weighted by molar-refractivity contribution is -0.384. The summed E-state index contributed by atoms with van der Waals surface area (Å²) < 4.78 is 0. The number of nitro groups is 1. The summed E-state index contributed by atoms with van der Waals surface area (Å²) in [6, 6.07) is 14.0. The highest BCUT2D eigenvalue weighted by Crippen LogP contribution is 2.26. The number of nitro benzene ring substituents is 1. The molecule has 166 valence electrons. The molecule has 0 amide bonds. The second-order valence-corrected chi connectivity index (χ2v) is 7.92. The molecule has 0 spiro atoms. The number of nitrogens with one attached hydrogen (secondary N) is 1. The fraction of sp³-hybridized carbons (Fsp3) is 0.182. The highest BCUT2D eigenvalue weighted by molar-refractivity contribution is 6.30. The molecule has 0 radical (unpaired) electrons. The molecule has 1 N–H and O–H groups in total. The first kappa shape index (κ1) is 20.8. The average molecular weight is 463 g/mol. The molecule has 5 rings (SSSR count). The Morgan fingerprint density at radius 3 is 2.24 bits per heavy atom. The minimum absolute atomic E-state index is 0.0868. The molecular formula is C22H19ClN8O2. The Morgan fingerprint density at radius 1 is 0.879 bits per heavy atom. The van der Waals surface area contributed by atoms with Gasteiger partial charge in [0, 0.05) is 67.1 Å². The van der Waals surface area contributed by atoms with Gasteiger partial charge in [0.1, 0.15) is 0 Å². The van der Waals surface area contributed by atoms with Crippen molar-refractivity contribution in [1.29, 1.82) is 0 Å². The molecule has 0 atom stereocenters. The van der Waals surface area contributed by atoms with Crippen molar-refractivity contribution in [2.75, 3.05) is 41.3 Å². The number of halogens is 1. The number of piperazine rings is 1. The third-order valence-electron chi connectivity index (χ3n) is 5.42. The van der Waals surface area contributed by atoms with Gasteiger partial charge in [-0.2, -0.15) is 9.97 Å². The van der Waals surface area contributed by atoms with Gasteiger partial charge in [-0.15, -0.1) is 0 Å². The summed E-state index contributed by atoms with van der Waals surface area (Å²) in [5.74, 6) is 1.14. The standard InChI is InChI=1S/C22H19ClN8O2/c23-15-1-3-16(4-2-15)26-21-19-20(25-10-9-24-19)27-22(28-21)30-13-11-29(12-14-30)17-5-7-18(8-6-17)31(32)33/h1-10H,11-14H2,(H,25,26,27,28). The lowest BCUT2D eigenvalue weighted by Gasteiger charge is -2.36. The van der Waals surface area contributed by atoms with E-state index in [1.54, 1.807) is 36.7 Å². The fourth-order valence-corrected chi connectivity index (χ4v) is 3.83. The van der Waals surface area contributed by atoms with Gasteiger partial charge in [-0.3, -0.25) is 10.1 Å². The van der Waals surface area contributed by atoms with E-state index in [0.29, 0.717) is 41.0 Å². The van der Waals surface area contributed by atoms with E-state index in [0.717, 1.165) is 24.5 Å². The van der Waals surface area contributed by atoms with Gasteiger partial charge >= 0.3 is 0 Å². The van der Waals surface area contributed by atoms with Gasteiger partial charge in [-0.1, -0.05) is 11.6 Å². The molecule has 3 heterocycles. The van der Waals surface area contributed by atoms with Crippen LogP contribution in [0.5, 0.6) is 0 Å². The van der Waals surface area contributed by atoms with Crippen LogP contribution >= 0.6 is 11.6 Å². The molecule has 1 fully saturated rings. The van der Waals surface area contributed by atoms with Crippen LogP contribution < -0.4 is 15.1 Å². The summed E-state index contributed by atoms with van der Waals surface area (Å²) in [5.41, 5.74) is 2.97. The van der Waals surface area contributed by atoms with Crippen LogP contribution in [0, 0.1) is 10.1 Å². The molecule has 1 aliphatic heterocycles. The van der Waals surface area contributed by atoms with E-state index < -0.39 is 4.92 Å². The maximum absolute atomic E-state index is 10.9. The average Bonchev–Trinajstić information content (AvgIpc) is 2.85. The summed E-state index contributed by atoms with van der Waals surface area (Å²) in [6.07, 6.45) is 3.22. The molecule has 2 aromatic heterocycles. The summed E-state index contributed by atoms with van der Waals surface area (Å²) in [7, 11) is 0. The normalized spacial score (nSPS) is 13.8. The molecule has 0 unspecified atom stereocenters. The molecule has 11 heteroatoms. The van der Waals surface area contributed by atoms with Crippen molar-refractivity contribution in [3.63, 3.8) is 0 Å². The van der Waals surface area contributed by atoms with Crippen molar-refractivity contribution in [2.24, 2.45) is 0 Å². The molecule has 0 aliphatic carbocycles. The molecule has 1 saturated heterocycles. The van der Waals surface area contributed by atoms with Crippen molar-refractivity contribution in [2.45, 2.75) is 0 Å². The zero-order valence-corrected chi connectivity index (χ0v) is 18.2. The minimum Gasteiger partial charge on any atom is -0.368 e. The van der Waals surface area contributed by atoms with Crippen molar-refractivity contribution in [3.8, 4) is 0 Å². The van der Waals surface area contributed by atoms with E-state index in [-0.39, 0.29) is 5.69 Å². The third kappa shape index (κ3) is 4.46. The van der Waals surface area contributed by atoms with Crippen LogP contribution in [0.1, 0.15) is 0 Å². The second kappa shape index (κ2) is 8.83. The molecule has 0 saturated carbocycles. The number of rotatable bonds is 5. The number of anilines is 4. The van der Waals surface area contributed by atoms with Gasteiger partial charge in [0.15, 0.2) is 17.0 Å². The Labute approximate surface area is 194 Å². The lowest BCUT2D eigenvalue weighted by Crippen LogP contribution is -2.47. The van der Waals surface area contributed by atoms with Crippen molar-refractivity contribution >= 4 is 51.6 Å². The first-order valence-corrected chi connectivity index (χ1v) is 10.7. The largest absolute Gasteiger partial charge is 0.368 e. The van der Waals surface area contributed by atoms with Gasteiger partial charge in [0.05, 0.1) is 4.92 Å². The highest BCUT2D eigenvalue weighted by Gasteiger charge is 2.22. The second-order valence-electron chi connectivity index (χ2n) is 7.48. The van der Waals surface area contributed by atoms with E-state index in [1.165, 1.54) is 12.1 Å². The maximum Gasteiger partial charge on any atom is 0.269 e. The third-order valence-corrected chi connectivity index (χ3v) is 5.67. The Bertz CT molecular complexity index is 1290. The number of aromatic nitrogens is 4. The predicted molar refractivity (Wildman–Crippen MR) is 127 cm³/mol. The summed E-state index contributed by atoms with van der Waals surface area (Å²) in [6.45, 7) is 2.87. The Kier molecular flexibility index (Phi) is 5.57. The predicted octanol–water partition coefficient (Wildman–Crippen LogP) is 4.05. The molecule has 1 aliphatic rings. The van der Waals surface area contributed by atoms with Crippen LogP contribution in [-0.2, 0) is 0 Å². The lowest BCUT2D eigenvalue weighted by atomic mass is 10.2. The number of benzene rings is 2. The number of hydrogen-bond acceptors (Lipinski definition) is 9. The van der Waals surface area contributed by atoms with Crippen molar-refractivity contribution in [3.05, 3.63) is 76.1 Å². The zero-order chi connectivity index (χ0) is 22.8. The molecule has 10 nitrogen and oxygen atoms in total. The smallest absolute Gasteiger partial charge is 0.269 e. The van der Waals surface area contributed by atoms with Gasteiger partial charge in [0.2, 0.25) is 5.95 Å².